The SMILES string of the molecule is CC(=O)O.CC[C@H](C)[C@@H]1NC(=O)[C@H](Cc2ccccc2)NC(=O)[C@@H](N)CSSC[C@@H](C(=O)N2CCC[C@H]2C(=O)N[C@@H](CCCNC(C)C)C(=O)NCC(N)=O)NC(=O)[C@H](CC(N)=O)NC(=O)[C@H](CCCC(N)=O)NC1=O. The predicted octanol–water partition coefficient (Wildman–Crippen LogP) is -3.10. The second-order valence-electron chi connectivity index (χ2n) is 18.7. The molecule has 0 aliphatic carbocycles. The van der Waals surface area contributed by atoms with Crippen molar-refractivity contribution >= 4 is 92.5 Å². The monoisotopic (exact) mass is 1110 g/mol. The van der Waals surface area contributed by atoms with Crippen LogP contribution in [0.15, 0.2) is 30.3 Å². The number of carbonyl (C=O) groups is 12. The first-order valence-corrected chi connectivity index (χ1v) is 27.6. The molecule has 2 aliphatic heterocycles. The lowest BCUT2D eigenvalue weighted by atomic mass is 9.96. The second kappa shape index (κ2) is 34.2. The van der Waals surface area contributed by atoms with E-state index in [0.29, 0.717) is 31.4 Å². The Morgan fingerprint density at radius 2 is 1.38 bits per heavy atom. The number of nitrogens with zero attached hydrogens (tertiary/aromatic N) is 1. The number of aliphatic carboxylic acids is 1. The first-order valence-electron chi connectivity index (χ1n) is 25.1. The molecule has 0 unspecified atom stereocenters. The van der Waals surface area contributed by atoms with Crippen molar-refractivity contribution in [2.75, 3.05) is 31.1 Å². The number of hydrogen-bond donors (Lipinski definition) is 13. The van der Waals surface area contributed by atoms with Crippen molar-refractivity contribution in [3.8, 4) is 0 Å². The lowest BCUT2D eigenvalue weighted by molar-refractivity contribution is -0.142. The van der Waals surface area contributed by atoms with E-state index < -0.39 is 138 Å². The maximum atomic E-state index is 14.6. The Kier molecular flexibility index (Phi) is 29.5. The fourth-order valence-electron chi connectivity index (χ4n) is 7.78. The average Bonchev–Trinajstić information content (AvgIpc) is 3.85. The van der Waals surface area contributed by atoms with Crippen LogP contribution in [0.3, 0.4) is 0 Å². The summed E-state index contributed by atoms with van der Waals surface area (Å²) in [4.78, 5) is 158. The summed E-state index contributed by atoms with van der Waals surface area (Å²) in [5, 5.41) is 28.9. The zero-order valence-corrected chi connectivity index (χ0v) is 45.3. The van der Waals surface area contributed by atoms with Gasteiger partial charge in [-0.05, 0) is 56.6 Å². The summed E-state index contributed by atoms with van der Waals surface area (Å²) in [5.41, 5.74) is 23.2. The van der Waals surface area contributed by atoms with Crippen LogP contribution in [-0.4, -0.2) is 166 Å². The van der Waals surface area contributed by atoms with Gasteiger partial charge in [0.2, 0.25) is 65.0 Å². The number of carboxylic acid groups (broad SMARTS) is 1. The summed E-state index contributed by atoms with van der Waals surface area (Å²) in [6, 6.07) is -1.56. The largest absolute Gasteiger partial charge is 0.481 e. The molecule has 424 valence electrons. The molecule has 76 heavy (non-hydrogen) atoms. The Bertz CT molecular complexity index is 2170. The molecular formula is C48H77N13O13S2. The van der Waals surface area contributed by atoms with Gasteiger partial charge in [0.15, 0.2) is 0 Å². The molecule has 0 radical (unpaired) electrons. The van der Waals surface area contributed by atoms with E-state index >= 15 is 0 Å². The Morgan fingerprint density at radius 3 is 1.99 bits per heavy atom. The maximum Gasteiger partial charge on any atom is 0.300 e. The third-order valence-corrected chi connectivity index (χ3v) is 14.4. The van der Waals surface area contributed by atoms with E-state index in [4.69, 9.17) is 32.8 Å². The third-order valence-electron chi connectivity index (χ3n) is 11.9. The lowest BCUT2D eigenvalue weighted by Crippen LogP contribution is -2.61. The first kappa shape index (κ1) is 65.6. The highest BCUT2D eigenvalue weighted by Crippen LogP contribution is 2.26. The number of rotatable bonds is 21. The van der Waals surface area contributed by atoms with Gasteiger partial charge >= 0.3 is 0 Å². The average molecular weight is 1110 g/mol. The molecular weight excluding hydrogens is 1030 g/mol. The molecule has 0 aromatic heterocycles. The Balaban J connectivity index is 0.00000476. The molecule has 0 bridgehead atoms. The van der Waals surface area contributed by atoms with Gasteiger partial charge in [0, 0.05) is 43.9 Å². The molecule has 9 atom stereocenters. The van der Waals surface area contributed by atoms with Gasteiger partial charge in [-0.25, -0.2) is 0 Å². The van der Waals surface area contributed by atoms with Gasteiger partial charge in [-0.1, -0.05) is 86.0 Å². The standard InChI is InChI=1S/C46H73N13O11S2.C2H4O2/c1-5-26(4)38-45(69)54-30(14-9-17-35(48)60)41(65)56-32(21-36(49)61)42(66)57-33(24-72-71-23-28(47)39(63)55-31(43(67)58-38)20-27-12-7-6-8-13-27)46(70)59-19-11-16-34(59)44(68)53-29(15-10-18-51-25(2)3)40(64)52-22-37(50)62;1-2(3)4/h6-8,12-13,25-26,28-34,38,51H,5,9-11,14-24,47H2,1-4H3,(H2,48,60)(H2,49,61)(H2,50,62)(H,52,64)(H,53,68)(H,54,69)(H,55,63)(H,56,65)(H,57,66)(H,58,67);1H3,(H,3,4)/t26-,28-,29-,30-,31-,32-,33-,34-,38-;/m0./s1. The zero-order chi connectivity index (χ0) is 57.1. The minimum absolute atomic E-state index is 0.00361. The Morgan fingerprint density at radius 1 is 0.776 bits per heavy atom. The van der Waals surface area contributed by atoms with E-state index in [1.54, 1.807) is 44.2 Å². The van der Waals surface area contributed by atoms with Gasteiger partial charge < -0.3 is 75.5 Å². The van der Waals surface area contributed by atoms with Crippen molar-refractivity contribution < 1.29 is 62.6 Å². The molecule has 11 amide bonds. The molecule has 17 N–H and O–H groups in total. The molecule has 1 aromatic carbocycles. The summed E-state index contributed by atoms with van der Waals surface area (Å²) >= 11 is 0. The van der Waals surface area contributed by atoms with Gasteiger partial charge in [-0.2, -0.15) is 0 Å². The third kappa shape index (κ3) is 24.4. The number of amides is 11. The van der Waals surface area contributed by atoms with Gasteiger partial charge in [0.25, 0.3) is 5.97 Å². The smallest absolute Gasteiger partial charge is 0.300 e. The second-order valence-corrected chi connectivity index (χ2v) is 21.3. The highest BCUT2D eigenvalue weighted by Gasteiger charge is 2.41. The highest BCUT2D eigenvalue weighted by molar-refractivity contribution is 8.76. The molecule has 2 aliphatic rings. The van der Waals surface area contributed by atoms with Crippen molar-refractivity contribution in [2.24, 2.45) is 28.9 Å². The summed E-state index contributed by atoms with van der Waals surface area (Å²) < 4.78 is 0. The minimum atomic E-state index is -1.72. The van der Waals surface area contributed by atoms with Gasteiger partial charge in [-0.3, -0.25) is 57.5 Å². The highest BCUT2D eigenvalue weighted by atomic mass is 33.1. The molecule has 3 rings (SSSR count). The number of carbonyl (C=O) groups excluding carboxylic acids is 11. The lowest BCUT2D eigenvalue weighted by Gasteiger charge is -2.31. The van der Waals surface area contributed by atoms with E-state index in [1.165, 1.54) is 4.90 Å². The number of nitrogens with one attached hydrogen (secondary N) is 8. The summed E-state index contributed by atoms with van der Waals surface area (Å²) in [7, 11) is 2.11. The molecule has 2 saturated heterocycles. The number of nitrogens with two attached hydrogens (primary N) is 4. The molecule has 26 nitrogen and oxygen atoms in total. The fourth-order valence-corrected chi connectivity index (χ4v) is 10.1. The van der Waals surface area contributed by atoms with Crippen molar-refractivity contribution in [2.45, 2.75) is 153 Å². The van der Waals surface area contributed by atoms with Crippen LogP contribution in [0.4, 0.5) is 0 Å². The summed E-state index contributed by atoms with van der Waals surface area (Å²) in [6.07, 6.45) is 0.419. The van der Waals surface area contributed by atoms with E-state index in [2.05, 4.69) is 42.5 Å². The summed E-state index contributed by atoms with van der Waals surface area (Å²) in [6.45, 7) is 8.56. The normalized spacial score (nSPS) is 22.9. The summed E-state index contributed by atoms with van der Waals surface area (Å²) in [5.74, 6) is -10.4. The van der Waals surface area contributed by atoms with Crippen molar-refractivity contribution in [3.63, 3.8) is 0 Å². The van der Waals surface area contributed by atoms with Crippen LogP contribution in [-0.2, 0) is 64.0 Å². The number of likely N-dealkylation sites (tertiary alicyclic amines) is 1. The molecule has 1 aromatic rings. The Labute approximate surface area is 450 Å². The van der Waals surface area contributed by atoms with Crippen LogP contribution in [0.1, 0.15) is 98.0 Å². The fraction of sp³-hybridized carbons (Fsp3) is 0.625. The zero-order valence-electron chi connectivity index (χ0n) is 43.7. The quantitative estimate of drug-likeness (QED) is 0.0428. The topological polar surface area (TPSA) is 429 Å². The van der Waals surface area contributed by atoms with Crippen LogP contribution in [0.25, 0.3) is 0 Å². The van der Waals surface area contributed by atoms with Crippen LogP contribution in [0, 0.1) is 5.92 Å². The Hall–Kier alpha value is -6.52. The van der Waals surface area contributed by atoms with Gasteiger partial charge in [0.05, 0.1) is 19.0 Å². The van der Waals surface area contributed by atoms with Crippen LogP contribution < -0.4 is 65.5 Å². The minimum Gasteiger partial charge on any atom is -0.481 e. The molecule has 0 saturated carbocycles. The van der Waals surface area contributed by atoms with E-state index in [1.807, 2.05) is 13.8 Å². The number of hydrogen-bond acceptors (Lipinski definition) is 16. The molecule has 2 heterocycles. The van der Waals surface area contributed by atoms with Gasteiger partial charge in [-0.15, -0.1) is 0 Å². The number of benzene rings is 1. The van der Waals surface area contributed by atoms with Crippen LogP contribution in [0.2, 0.25) is 0 Å². The predicted molar refractivity (Wildman–Crippen MR) is 284 cm³/mol. The van der Waals surface area contributed by atoms with E-state index in [9.17, 15) is 52.7 Å². The van der Waals surface area contributed by atoms with Crippen LogP contribution >= 0.6 is 21.6 Å². The first-order chi connectivity index (χ1) is 35.8. The molecule has 28 heteroatoms. The van der Waals surface area contributed by atoms with Crippen LogP contribution in [0.5, 0.6) is 0 Å². The maximum absolute atomic E-state index is 14.6. The number of carboxylic acids is 1. The van der Waals surface area contributed by atoms with E-state index in [0.717, 1.165) is 28.5 Å². The van der Waals surface area contributed by atoms with Gasteiger partial charge in [0.1, 0.15) is 42.3 Å². The van der Waals surface area contributed by atoms with E-state index in [-0.39, 0.29) is 62.6 Å². The van der Waals surface area contributed by atoms with Crippen molar-refractivity contribution in [1.82, 2.24) is 47.4 Å². The van der Waals surface area contributed by atoms with Crippen molar-refractivity contribution in [3.05, 3.63) is 35.9 Å². The molecule has 0 spiro atoms. The number of primary amides is 3. The molecule has 2 fully saturated rings. The van der Waals surface area contributed by atoms with Crippen molar-refractivity contribution in [1.29, 1.82) is 0 Å².